The van der Waals surface area contributed by atoms with Crippen molar-refractivity contribution in [1.82, 2.24) is 34.8 Å². The molecule has 58 heavy (non-hydrogen) atoms. The summed E-state index contributed by atoms with van der Waals surface area (Å²) in [5.74, 6) is -7.62. The molecule has 5 aromatic rings. The molecule has 1 fully saturated rings. The second-order valence-electron chi connectivity index (χ2n) is 11.3. The fourth-order valence-electron chi connectivity index (χ4n) is 4.83. The van der Waals surface area contributed by atoms with Gasteiger partial charge in [0.1, 0.15) is 11.8 Å². The summed E-state index contributed by atoms with van der Waals surface area (Å²) in [5, 5.41) is 26.4. The fraction of sp³-hybridized carbons (Fsp3) is 0.281. The molecule has 0 spiro atoms. The molecule has 1 atom stereocenters. The maximum atomic E-state index is 13.0. The Kier molecular flexibility index (Phi) is 15.1. The van der Waals surface area contributed by atoms with Gasteiger partial charge >= 0.3 is 36.4 Å². The maximum Gasteiger partial charge on any atom is 0.490 e. The van der Waals surface area contributed by atoms with Gasteiger partial charge in [-0.25, -0.2) is 29.3 Å². The lowest BCUT2D eigenvalue weighted by atomic mass is 10.0. The number of pyridine rings is 2. The number of nitrogens with zero attached hydrogens (tertiary/aromatic N) is 7. The molecular weight excluding hydrogens is 829 g/mol. The van der Waals surface area contributed by atoms with E-state index in [1.165, 1.54) is 6.33 Å². The zero-order valence-electron chi connectivity index (χ0n) is 29.1. The van der Waals surface area contributed by atoms with Crippen LogP contribution in [0.4, 0.5) is 51.0 Å². The molecule has 6 rings (SSSR count). The van der Waals surface area contributed by atoms with Crippen LogP contribution in [-0.4, -0.2) is 119 Å². The van der Waals surface area contributed by atoms with E-state index in [0.29, 0.717) is 53.7 Å². The van der Waals surface area contributed by atoms with E-state index in [0.717, 1.165) is 22.2 Å². The van der Waals surface area contributed by atoms with Crippen LogP contribution in [0.25, 0.3) is 22.1 Å². The summed E-state index contributed by atoms with van der Waals surface area (Å²) in [4.78, 5) is 68.6. The Morgan fingerprint density at radius 1 is 0.776 bits per heavy atom. The third kappa shape index (κ3) is 12.5. The number of alkyl halides is 9. The first kappa shape index (κ1) is 45.9. The van der Waals surface area contributed by atoms with Crippen LogP contribution in [0.5, 0.6) is 0 Å². The van der Waals surface area contributed by atoms with Gasteiger partial charge in [0.05, 0.1) is 28.6 Å². The monoisotopic (exact) mass is 855 g/mol. The molecule has 1 amide bonds. The molecule has 1 unspecified atom stereocenters. The van der Waals surface area contributed by atoms with Gasteiger partial charge in [-0.2, -0.15) is 39.5 Å². The summed E-state index contributed by atoms with van der Waals surface area (Å²) >= 11 is 6.74. The van der Waals surface area contributed by atoms with E-state index in [-0.39, 0.29) is 11.9 Å². The van der Waals surface area contributed by atoms with E-state index in [1.54, 1.807) is 37.1 Å². The molecule has 26 heteroatoms. The normalized spacial score (nSPS) is 13.5. The minimum atomic E-state index is -5.08. The number of aromatic nitrogens is 6. The van der Waals surface area contributed by atoms with Crippen molar-refractivity contribution < 1.29 is 74.0 Å². The summed E-state index contributed by atoms with van der Waals surface area (Å²) < 4.78 is 95.2. The van der Waals surface area contributed by atoms with Crippen molar-refractivity contribution in [2.45, 2.75) is 31.5 Å². The number of carbonyl (C=O) groups is 4. The number of hydrogen-bond acceptors (Lipinski definition) is 11. The molecule has 16 nitrogen and oxygen atoms in total. The van der Waals surface area contributed by atoms with Gasteiger partial charge in [-0.3, -0.25) is 14.8 Å². The van der Waals surface area contributed by atoms with Crippen molar-refractivity contribution >= 4 is 69.0 Å². The Morgan fingerprint density at radius 2 is 1.31 bits per heavy atom. The molecular formula is C32H27ClF9N9O7. The number of imidazole rings is 1. The van der Waals surface area contributed by atoms with Gasteiger partial charge in [0.25, 0.3) is 5.91 Å². The first-order valence-corrected chi connectivity index (χ1v) is 16.1. The van der Waals surface area contributed by atoms with E-state index < -0.39 is 36.4 Å². The number of anilines is 2. The lowest BCUT2D eigenvalue weighted by Gasteiger charge is -2.38. The third-order valence-corrected chi connectivity index (χ3v) is 7.73. The van der Waals surface area contributed by atoms with E-state index in [2.05, 4.69) is 42.1 Å². The number of hydrogen-bond donors (Lipinski definition) is 5. The Bertz CT molecular complexity index is 2160. The maximum absolute atomic E-state index is 13.0. The molecule has 5 heterocycles. The van der Waals surface area contributed by atoms with Crippen molar-refractivity contribution in [1.29, 1.82) is 0 Å². The van der Waals surface area contributed by atoms with Crippen molar-refractivity contribution in [3.63, 3.8) is 0 Å². The van der Waals surface area contributed by atoms with Crippen LogP contribution in [0.2, 0.25) is 5.02 Å². The van der Waals surface area contributed by atoms with E-state index in [1.807, 2.05) is 23.1 Å². The summed E-state index contributed by atoms with van der Waals surface area (Å²) in [6.45, 7) is 4.59. The van der Waals surface area contributed by atoms with Crippen molar-refractivity contribution in [3.8, 4) is 0 Å². The van der Waals surface area contributed by atoms with Gasteiger partial charge in [0, 0.05) is 61.3 Å². The molecule has 1 saturated heterocycles. The average Bonchev–Trinajstić information content (AvgIpc) is 3.65. The van der Waals surface area contributed by atoms with Gasteiger partial charge in [-0.1, -0.05) is 11.6 Å². The number of fused-ring (bicyclic) bond motifs is 2. The number of nitrogens with one attached hydrogen (secondary N) is 2. The van der Waals surface area contributed by atoms with Gasteiger partial charge in [0.2, 0.25) is 0 Å². The van der Waals surface area contributed by atoms with Crippen LogP contribution in [0, 0.1) is 0 Å². The number of amides is 1. The SMILES string of the molecule is CC(Nc1ncnc2[nH]cnc12)c1cc(Cl)c2cccnc2c1N1CCN(C(=O)c2ccncc2)CC1.O=C(O)C(F)(F)F.O=C(O)C(F)(F)F.O=C(O)C(F)(F)F. The molecule has 0 bridgehead atoms. The van der Waals surface area contributed by atoms with Crippen LogP contribution in [0.3, 0.4) is 0 Å². The first-order valence-electron chi connectivity index (χ1n) is 15.8. The molecule has 1 aliphatic heterocycles. The number of aliphatic carboxylic acids is 3. The summed E-state index contributed by atoms with van der Waals surface area (Å²) in [6, 6.07) is 9.21. The van der Waals surface area contributed by atoms with Gasteiger partial charge in [-0.15, -0.1) is 0 Å². The predicted octanol–water partition coefficient (Wildman–Crippen LogP) is 5.98. The smallest absolute Gasteiger partial charge is 0.475 e. The van der Waals surface area contributed by atoms with E-state index >= 15 is 0 Å². The fourth-order valence-corrected chi connectivity index (χ4v) is 5.10. The van der Waals surface area contributed by atoms with Gasteiger partial charge in [0.15, 0.2) is 11.5 Å². The number of aromatic amines is 1. The summed E-state index contributed by atoms with van der Waals surface area (Å²) in [6.07, 6.45) is -7.08. The van der Waals surface area contributed by atoms with Crippen LogP contribution >= 0.6 is 11.6 Å². The second kappa shape index (κ2) is 19.1. The topological polar surface area (TPSA) is 228 Å². The number of carbonyl (C=O) groups excluding carboxylic acids is 1. The quantitative estimate of drug-likeness (QED) is 0.128. The third-order valence-electron chi connectivity index (χ3n) is 7.42. The number of carboxylic acid groups (broad SMARTS) is 3. The Hall–Kier alpha value is -6.53. The molecule has 312 valence electrons. The highest BCUT2D eigenvalue weighted by Gasteiger charge is 2.39. The minimum absolute atomic E-state index is 0.0168. The number of rotatable bonds is 5. The van der Waals surface area contributed by atoms with Crippen LogP contribution in [0.15, 0.2) is 61.6 Å². The van der Waals surface area contributed by atoms with Gasteiger partial charge in [-0.05, 0) is 37.3 Å². The Labute approximate surface area is 323 Å². The second-order valence-corrected chi connectivity index (χ2v) is 11.7. The number of benzene rings is 1. The zero-order chi connectivity index (χ0) is 43.6. The first-order chi connectivity index (χ1) is 26.9. The van der Waals surface area contributed by atoms with Crippen molar-refractivity contribution in [3.05, 3.63) is 77.7 Å². The molecule has 0 aliphatic carbocycles. The number of halogens is 10. The average molecular weight is 856 g/mol. The van der Waals surface area contributed by atoms with Gasteiger partial charge < -0.3 is 35.4 Å². The lowest BCUT2D eigenvalue weighted by Crippen LogP contribution is -2.49. The summed E-state index contributed by atoms with van der Waals surface area (Å²) in [5.41, 5.74) is 4.81. The molecule has 4 aromatic heterocycles. The lowest BCUT2D eigenvalue weighted by molar-refractivity contribution is -0.193. The van der Waals surface area contributed by atoms with Crippen LogP contribution in [-0.2, 0) is 14.4 Å². The van der Waals surface area contributed by atoms with E-state index in [9.17, 15) is 44.3 Å². The molecule has 0 radical (unpaired) electrons. The molecule has 1 aromatic carbocycles. The highest BCUT2D eigenvalue weighted by molar-refractivity contribution is 6.36. The number of H-pyrrole nitrogens is 1. The molecule has 1 aliphatic rings. The zero-order valence-corrected chi connectivity index (χ0v) is 29.8. The van der Waals surface area contributed by atoms with Crippen molar-refractivity contribution in [2.75, 3.05) is 36.4 Å². The molecule has 5 N–H and O–H groups in total. The Morgan fingerprint density at radius 3 is 1.83 bits per heavy atom. The Balaban J connectivity index is 0.000000353. The standard InChI is InChI=1S/C26H24ClN9O.3C2HF3O2/c1-16(34-25-22-24(31-14-30-22)32-15-33-25)19-13-20(27)18-3-2-6-29-21(18)23(19)35-9-11-36(12-10-35)26(37)17-4-7-28-8-5-17;3*3-2(4,5)1(6)7/h2-8,13-16H,9-12H2,1H3,(H2,30,31,32,33,34);3*(H,6,7). The number of piperazine rings is 1. The molecule has 0 saturated carbocycles. The van der Waals surface area contributed by atoms with Crippen LogP contribution in [0.1, 0.15) is 28.9 Å². The predicted molar refractivity (Wildman–Crippen MR) is 184 cm³/mol. The largest absolute Gasteiger partial charge is 0.490 e. The highest BCUT2D eigenvalue weighted by Crippen LogP contribution is 2.39. The minimum Gasteiger partial charge on any atom is -0.475 e. The summed E-state index contributed by atoms with van der Waals surface area (Å²) in [7, 11) is 0. The number of carboxylic acids is 3. The highest BCUT2D eigenvalue weighted by atomic mass is 35.5. The van der Waals surface area contributed by atoms with Crippen molar-refractivity contribution in [2.24, 2.45) is 0 Å². The van der Waals surface area contributed by atoms with Crippen LogP contribution < -0.4 is 10.2 Å². The van der Waals surface area contributed by atoms with E-state index in [4.69, 9.17) is 46.3 Å².